The Morgan fingerprint density at radius 1 is 1.33 bits per heavy atom. The standard InChI is InChI=1S/C19H26ClFN4O2/c1-4-5-9-25-17(22)16(18(26)23-19(25)27)24(10-12(2)3)11-13-14(20)7-6-8-15(13)21/h6-8,12H,4-5,9-11,22H2,1-3H3,(H,23,26,27). The fourth-order valence-corrected chi connectivity index (χ4v) is 3.19. The molecule has 0 aliphatic carbocycles. The molecule has 2 rings (SSSR count). The van der Waals surface area contributed by atoms with Crippen LogP contribution < -0.4 is 21.9 Å². The van der Waals surface area contributed by atoms with Crippen LogP contribution in [0.4, 0.5) is 15.9 Å². The number of nitrogens with one attached hydrogen (secondary N) is 1. The minimum absolute atomic E-state index is 0.0724. The molecule has 6 nitrogen and oxygen atoms in total. The molecule has 8 heteroatoms. The number of benzene rings is 1. The highest BCUT2D eigenvalue weighted by Crippen LogP contribution is 2.26. The molecule has 0 bridgehead atoms. The predicted octanol–water partition coefficient (Wildman–Crippen LogP) is 3.37. The van der Waals surface area contributed by atoms with Gasteiger partial charge in [0.05, 0.1) is 0 Å². The minimum Gasteiger partial charge on any atom is -0.383 e. The third-order valence-corrected chi connectivity index (χ3v) is 4.62. The predicted molar refractivity (Wildman–Crippen MR) is 108 cm³/mol. The third kappa shape index (κ3) is 4.91. The lowest BCUT2D eigenvalue weighted by Gasteiger charge is -2.28. The van der Waals surface area contributed by atoms with Crippen LogP contribution >= 0.6 is 11.6 Å². The molecule has 148 valence electrons. The second kappa shape index (κ2) is 9.08. The highest BCUT2D eigenvalue weighted by molar-refractivity contribution is 6.31. The lowest BCUT2D eigenvalue weighted by Crippen LogP contribution is -2.39. The Kier molecular flexibility index (Phi) is 7.07. The van der Waals surface area contributed by atoms with Gasteiger partial charge in [-0.1, -0.05) is 44.9 Å². The molecule has 0 aliphatic rings. The molecule has 3 N–H and O–H groups in total. The summed E-state index contributed by atoms with van der Waals surface area (Å²) in [5, 5.41) is 0.276. The number of halogens is 2. The molecular weight excluding hydrogens is 371 g/mol. The van der Waals surface area contributed by atoms with E-state index in [1.54, 1.807) is 11.0 Å². The Bertz CT molecular complexity index is 887. The third-order valence-electron chi connectivity index (χ3n) is 4.26. The average Bonchev–Trinajstić information content (AvgIpc) is 2.57. The van der Waals surface area contributed by atoms with Gasteiger partial charge in [-0.2, -0.15) is 0 Å². The summed E-state index contributed by atoms with van der Waals surface area (Å²) in [5.74, 6) is -0.193. The first-order chi connectivity index (χ1) is 12.8. The number of aromatic nitrogens is 2. The van der Waals surface area contributed by atoms with Gasteiger partial charge in [0.15, 0.2) is 0 Å². The van der Waals surface area contributed by atoms with E-state index in [9.17, 15) is 14.0 Å². The van der Waals surface area contributed by atoms with E-state index in [1.165, 1.54) is 16.7 Å². The van der Waals surface area contributed by atoms with Crippen LogP contribution in [0.5, 0.6) is 0 Å². The molecule has 2 aromatic rings. The van der Waals surface area contributed by atoms with Gasteiger partial charge in [-0.15, -0.1) is 0 Å². The van der Waals surface area contributed by atoms with Crippen molar-refractivity contribution in [3.05, 3.63) is 55.4 Å². The maximum atomic E-state index is 14.3. The van der Waals surface area contributed by atoms with Crippen LogP contribution in [-0.4, -0.2) is 16.1 Å². The number of hydrogen-bond acceptors (Lipinski definition) is 4. The number of rotatable bonds is 8. The van der Waals surface area contributed by atoms with Crippen LogP contribution in [0.3, 0.4) is 0 Å². The summed E-state index contributed by atoms with van der Waals surface area (Å²) in [6, 6.07) is 4.45. The molecule has 1 aromatic heterocycles. The van der Waals surface area contributed by atoms with Crippen molar-refractivity contribution < 1.29 is 4.39 Å². The number of H-pyrrole nitrogens is 1. The highest BCUT2D eigenvalue weighted by Gasteiger charge is 2.22. The molecular formula is C19H26ClFN4O2. The van der Waals surface area contributed by atoms with Gasteiger partial charge in [-0.3, -0.25) is 14.3 Å². The fraction of sp³-hybridized carbons (Fsp3) is 0.474. The van der Waals surface area contributed by atoms with Crippen LogP contribution in [0, 0.1) is 11.7 Å². The smallest absolute Gasteiger partial charge is 0.330 e. The summed E-state index contributed by atoms with van der Waals surface area (Å²) in [4.78, 5) is 28.7. The summed E-state index contributed by atoms with van der Waals surface area (Å²) >= 11 is 6.16. The number of aromatic amines is 1. The summed E-state index contributed by atoms with van der Waals surface area (Å²) in [6.07, 6.45) is 1.62. The quantitative estimate of drug-likeness (QED) is 0.716. The zero-order chi connectivity index (χ0) is 20.1. The summed E-state index contributed by atoms with van der Waals surface area (Å²) in [6.45, 7) is 6.88. The molecule has 0 atom stereocenters. The molecule has 27 heavy (non-hydrogen) atoms. The maximum absolute atomic E-state index is 14.3. The van der Waals surface area contributed by atoms with Crippen LogP contribution in [0.15, 0.2) is 27.8 Å². The molecule has 0 amide bonds. The van der Waals surface area contributed by atoms with E-state index in [4.69, 9.17) is 17.3 Å². The van der Waals surface area contributed by atoms with Crippen molar-refractivity contribution in [3.63, 3.8) is 0 Å². The highest BCUT2D eigenvalue weighted by atomic mass is 35.5. The van der Waals surface area contributed by atoms with Gasteiger partial charge in [-0.05, 0) is 24.5 Å². The van der Waals surface area contributed by atoms with Gasteiger partial charge < -0.3 is 10.6 Å². The van der Waals surface area contributed by atoms with Crippen LogP contribution in [-0.2, 0) is 13.1 Å². The van der Waals surface area contributed by atoms with E-state index < -0.39 is 17.1 Å². The largest absolute Gasteiger partial charge is 0.383 e. The molecule has 1 aromatic carbocycles. The first-order valence-electron chi connectivity index (χ1n) is 9.06. The normalized spacial score (nSPS) is 11.2. The molecule has 1 heterocycles. The molecule has 0 saturated carbocycles. The van der Waals surface area contributed by atoms with Crippen molar-refractivity contribution in [2.24, 2.45) is 5.92 Å². The van der Waals surface area contributed by atoms with Crippen molar-refractivity contribution in [2.45, 2.75) is 46.7 Å². The number of nitrogens with two attached hydrogens (primary N) is 1. The van der Waals surface area contributed by atoms with Gasteiger partial charge >= 0.3 is 5.69 Å². The zero-order valence-electron chi connectivity index (χ0n) is 15.9. The number of nitrogens with zero attached hydrogens (tertiary/aromatic N) is 2. The van der Waals surface area contributed by atoms with Crippen molar-refractivity contribution in [3.8, 4) is 0 Å². The first-order valence-corrected chi connectivity index (χ1v) is 9.44. The zero-order valence-corrected chi connectivity index (χ0v) is 16.6. The van der Waals surface area contributed by atoms with Gasteiger partial charge in [0.2, 0.25) is 0 Å². The van der Waals surface area contributed by atoms with E-state index in [0.717, 1.165) is 12.8 Å². The van der Waals surface area contributed by atoms with Gasteiger partial charge in [-0.25, -0.2) is 9.18 Å². The van der Waals surface area contributed by atoms with E-state index >= 15 is 0 Å². The second-order valence-corrected chi connectivity index (χ2v) is 7.38. The molecule has 0 aliphatic heterocycles. The number of nitrogen functional groups attached to an aromatic ring is 1. The Morgan fingerprint density at radius 3 is 2.63 bits per heavy atom. The summed E-state index contributed by atoms with van der Waals surface area (Å²) < 4.78 is 15.6. The van der Waals surface area contributed by atoms with Gasteiger partial charge in [0.25, 0.3) is 5.56 Å². The Balaban J connectivity index is 2.57. The van der Waals surface area contributed by atoms with E-state index in [-0.39, 0.29) is 34.6 Å². The molecule has 0 unspecified atom stereocenters. The van der Waals surface area contributed by atoms with E-state index in [2.05, 4.69) is 4.98 Å². The Morgan fingerprint density at radius 2 is 2.04 bits per heavy atom. The molecule has 0 fully saturated rings. The van der Waals surface area contributed by atoms with Crippen LogP contribution in [0.25, 0.3) is 0 Å². The Hall–Kier alpha value is -2.28. The van der Waals surface area contributed by atoms with Crippen LogP contribution in [0.2, 0.25) is 5.02 Å². The van der Waals surface area contributed by atoms with Gasteiger partial charge in [0.1, 0.15) is 17.3 Å². The summed E-state index contributed by atoms with van der Waals surface area (Å²) in [5.41, 5.74) is 5.53. The SMILES string of the molecule is CCCCn1c(N)c(N(Cc2c(F)cccc2Cl)CC(C)C)c(=O)[nH]c1=O. The topological polar surface area (TPSA) is 84.1 Å². The summed E-state index contributed by atoms with van der Waals surface area (Å²) in [7, 11) is 0. The van der Waals surface area contributed by atoms with Crippen molar-refractivity contribution in [2.75, 3.05) is 17.2 Å². The molecule has 0 spiro atoms. The number of unbranched alkanes of at least 4 members (excludes halogenated alkanes) is 1. The number of hydrogen-bond donors (Lipinski definition) is 2. The molecule has 0 saturated heterocycles. The average molecular weight is 397 g/mol. The van der Waals surface area contributed by atoms with E-state index in [0.29, 0.717) is 13.1 Å². The van der Waals surface area contributed by atoms with Gasteiger partial charge in [0, 0.05) is 30.2 Å². The first kappa shape index (κ1) is 21.0. The monoisotopic (exact) mass is 396 g/mol. The number of anilines is 2. The van der Waals surface area contributed by atoms with Crippen LogP contribution in [0.1, 0.15) is 39.2 Å². The van der Waals surface area contributed by atoms with Crippen molar-refractivity contribution >= 4 is 23.1 Å². The maximum Gasteiger partial charge on any atom is 0.330 e. The second-order valence-electron chi connectivity index (χ2n) is 6.97. The fourth-order valence-electron chi connectivity index (χ4n) is 2.97. The Labute approximate surface area is 162 Å². The molecule has 0 radical (unpaired) electrons. The van der Waals surface area contributed by atoms with Crippen molar-refractivity contribution in [1.82, 2.24) is 9.55 Å². The lowest BCUT2D eigenvalue weighted by molar-refractivity contribution is 0.570. The van der Waals surface area contributed by atoms with Crippen molar-refractivity contribution in [1.29, 1.82) is 0 Å². The minimum atomic E-state index is -0.585. The van der Waals surface area contributed by atoms with E-state index in [1.807, 2.05) is 20.8 Å². The lowest BCUT2D eigenvalue weighted by atomic mass is 10.1.